The van der Waals surface area contributed by atoms with Gasteiger partial charge in [0.25, 0.3) is 11.8 Å². The summed E-state index contributed by atoms with van der Waals surface area (Å²) in [6.45, 7) is 0. The van der Waals surface area contributed by atoms with Gasteiger partial charge in [-0.25, -0.2) is 0 Å². The summed E-state index contributed by atoms with van der Waals surface area (Å²) in [5.41, 5.74) is 1.20. The van der Waals surface area contributed by atoms with Crippen molar-refractivity contribution in [1.82, 2.24) is 4.90 Å². The number of benzene rings is 2. The number of hydrogen-bond acceptors (Lipinski definition) is 2. The standard InChI is InChI=1S/C16H13Cl2N2O2/c1-20(2)16(22)10-4-3-5-12(8-10)19-15(21)13-7-6-11(17)9-14(13)18/h4-9H,1-2H3,(H,19,21). The molecule has 22 heavy (non-hydrogen) atoms. The molecule has 0 unspecified atom stereocenters. The minimum Gasteiger partial charge on any atom is -0.345 e. The van der Waals surface area contributed by atoms with Crippen LogP contribution in [0.25, 0.3) is 0 Å². The van der Waals surface area contributed by atoms with Gasteiger partial charge in [0, 0.05) is 30.4 Å². The van der Waals surface area contributed by atoms with Gasteiger partial charge < -0.3 is 10.2 Å². The van der Waals surface area contributed by atoms with Crippen molar-refractivity contribution in [2.75, 3.05) is 19.4 Å². The van der Waals surface area contributed by atoms with Crippen molar-refractivity contribution < 1.29 is 9.59 Å². The lowest BCUT2D eigenvalue weighted by molar-refractivity contribution is 0.0827. The van der Waals surface area contributed by atoms with E-state index < -0.39 is 0 Å². The molecule has 0 bridgehead atoms. The molecular weight excluding hydrogens is 323 g/mol. The van der Waals surface area contributed by atoms with Gasteiger partial charge in [-0.1, -0.05) is 23.2 Å². The van der Waals surface area contributed by atoms with Crippen molar-refractivity contribution in [3.63, 3.8) is 0 Å². The van der Waals surface area contributed by atoms with Crippen LogP contribution in [0, 0.1) is 6.07 Å². The average molecular weight is 336 g/mol. The van der Waals surface area contributed by atoms with E-state index in [4.69, 9.17) is 23.2 Å². The van der Waals surface area contributed by atoms with Crippen molar-refractivity contribution in [2.24, 2.45) is 0 Å². The van der Waals surface area contributed by atoms with E-state index in [1.54, 1.807) is 44.4 Å². The fourth-order valence-corrected chi connectivity index (χ4v) is 2.29. The molecule has 1 radical (unpaired) electrons. The van der Waals surface area contributed by atoms with Crippen LogP contribution < -0.4 is 5.32 Å². The van der Waals surface area contributed by atoms with E-state index in [-0.39, 0.29) is 16.8 Å². The number of hydrogen-bond donors (Lipinski definition) is 1. The third-order valence-electron chi connectivity index (χ3n) is 2.88. The van der Waals surface area contributed by atoms with Crippen LogP contribution in [0.5, 0.6) is 0 Å². The number of rotatable bonds is 3. The van der Waals surface area contributed by atoms with Crippen LogP contribution in [0.1, 0.15) is 20.7 Å². The number of nitrogens with one attached hydrogen (secondary N) is 1. The minimum absolute atomic E-state index is 0.170. The fourth-order valence-electron chi connectivity index (χ4n) is 1.80. The zero-order valence-electron chi connectivity index (χ0n) is 12.0. The second kappa shape index (κ2) is 6.81. The zero-order valence-corrected chi connectivity index (χ0v) is 13.5. The van der Waals surface area contributed by atoms with Gasteiger partial charge >= 0.3 is 0 Å². The average Bonchev–Trinajstić information content (AvgIpc) is 2.46. The van der Waals surface area contributed by atoms with E-state index >= 15 is 0 Å². The summed E-state index contributed by atoms with van der Waals surface area (Å²) in [6, 6.07) is 12.2. The summed E-state index contributed by atoms with van der Waals surface area (Å²) in [7, 11) is 3.31. The molecule has 0 aliphatic carbocycles. The molecule has 0 aliphatic rings. The first kappa shape index (κ1) is 16.3. The normalized spacial score (nSPS) is 10.2. The lowest BCUT2D eigenvalue weighted by Gasteiger charge is -2.12. The van der Waals surface area contributed by atoms with Crippen LogP contribution in [0.3, 0.4) is 0 Å². The molecule has 2 aromatic carbocycles. The molecule has 0 saturated carbocycles. The molecule has 0 heterocycles. The van der Waals surface area contributed by atoms with Crippen molar-refractivity contribution in [2.45, 2.75) is 0 Å². The van der Waals surface area contributed by atoms with Gasteiger partial charge in [0.2, 0.25) is 0 Å². The summed E-state index contributed by atoms with van der Waals surface area (Å²) < 4.78 is 0. The number of halogens is 2. The lowest BCUT2D eigenvalue weighted by Crippen LogP contribution is -2.22. The highest BCUT2D eigenvalue weighted by atomic mass is 35.5. The van der Waals surface area contributed by atoms with Crippen molar-refractivity contribution >= 4 is 40.7 Å². The second-order valence-corrected chi connectivity index (χ2v) is 5.63. The van der Waals surface area contributed by atoms with Gasteiger partial charge in [0.15, 0.2) is 0 Å². The number of anilines is 1. The Morgan fingerprint density at radius 2 is 1.86 bits per heavy atom. The SMILES string of the molecule is CN(C)C(=O)c1c[c]cc(NC(=O)c2ccc(Cl)cc2Cl)c1. The van der Waals surface area contributed by atoms with E-state index in [2.05, 4.69) is 11.4 Å². The first-order valence-corrected chi connectivity index (χ1v) is 7.13. The Kier molecular flexibility index (Phi) is 5.06. The van der Waals surface area contributed by atoms with E-state index in [0.717, 1.165) is 0 Å². The first-order chi connectivity index (χ1) is 10.4. The number of amides is 2. The molecule has 0 fully saturated rings. The van der Waals surface area contributed by atoms with Crippen molar-refractivity contribution in [3.05, 3.63) is 63.6 Å². The molecule has 2 amide bonds. The van der Waals surface area contributed by atoms with Gasteiger partial charge in [-0.2, -0.15) is 0 Å². The molecule has 0 spiro atoms. The molecule has 2 aromatic rings. The highest BCUT2D eigenvalue weighted by Crippen LogP contribution is 2.22. The molecule has 0 aliphatic heterocycles. The van der Waals surface area contributed by atoms with Crippen molar-refractivity contribution in [3.8, 4) is 0 Å². The lowest BCUT2D eigenvalue weighted by atomic mass is 10.1. The Morgan fingerprint density at radius 3 is 2.50 bits per heavy atom. The highest BCUT2D eigenvalue weighted by Gasteiger charge is 2.13. The van der Waals surface area contributed by atoms with Gasteiger partial charge in [-0.3, -0.25) is 9.59 Å². The van der Waals surface area contributed by atoms with Crippen LogP contribution in [-0.4, -0.2) is 30.8 Å². The van der Waals surface area contributed by atoms with Crippen LogP contribution >= 0.6 is 23.2 Å². The smallest absolute Gasteiger partial charge is 0.257 e. The molecule has 6 heteroatoms. The Bertz CT molecular complexity index is 730. The topological polar surface area (TPSA) is 49.4 Å². The Labute approximate surface area is 138 Å². The summed E-state index contributed by atoms with van der Waals surface area (Å²) in [5, 5.41) is 3.40. The molecule has 2 rings (SSSR count). The van der Waals surface area contributed by atoms with Gasteiger partial charge in [-0.15, -0.1) is 0 Å². The predicted octanol–water partition coefficient (Wildman–Crippen LogP) is 3.75. The quantitative estimate of drug-likeness (QED) is 0.928. The van der Waals surface area contributed by atoms with Crippen LogP contribution in [0.2, 0.25) is 10.0 Å². The Hall–Kier alpha value is -2.04. The predicted molar refractivity (Wildman–Crippen MR) is 87.7 cm³/mol. The molecule has 4 nitrogen and oxygen atoms in total. The third kappa shape index (κ3) is 3.78. The fraction of sp³-hybridized carbons (Fsp3) is 0.125. The van der Waals surface area contributed by atoms with Gasteiger partial charge in [-0.05, 0) is 42.5 Å². The molecular formula is C16H13Cl2N2O2. The van der Waals surface area contributed by atoms with Crippen LogP contribution in [0.4, 0.5) is 5.69 Å². The Morgan fingerprint density at radius 1 is 1.14 bits per heavy atom. The maximum atomic E-state index is 12.2. The molecule has 0 atom stereocenters. The maximum absolute atomic E-state index is 12.2. The summed E-state index contributed by atoms with van der Waals surface area (Å²) >= 11 is 11.8. The summed E-state index contributed by atoms with van der Waals surface area (Å²) in [4.78, 5) is 25.6. The first-order valence-electron chi connectivity index (χ1n) is 6.37. The molecule has 1 N–H and O–H groups in total. The molecule has 0 aromatic heterocycles. The van der Waals surface area contributed by atoms with E-state index in [1.807, 2.05) is 0 Å². The van der Waals surface area contributed by atoms with E-state index in [0.29, 0.717) is 21.8 Å². The van der Waals surface area contributed by atoms with E-state index in [9.17, 15) is 9.59 Å². The monoisotopic (exact) mass is 335 g/mol. The molecule has 113 valence electrons. The van der Waals surface area contributed by atoms with Gasteiger partial charge in [0.1, 0.15) is 0 Å². The minimum atomic E-state index is -0.385. The number of carbonyl (C=O) groups excluding carboxylic acids is 2. The summed E-state index contributed by atoms with van der Waals surface area (Å²) in [6.07, 6.45) is 0. The maximum Gasteiger partial charge on any atom is 0.257 e. The zero-order chi connectivity index (χ0) is 16.3. The van der Waals surface area contributed by atoms with Crippen LogP contribution in [0.15, 0.2) is 36.4 Å². The largest absolute Gasteiger partial charge is 0.345 e. The van der Waals surface area contributed by atoms with E-state index in [1.165, 1.54) is 11.0 Å². The van der Waals surface area contributed by atoms with Crippen molar-refractivity contribution in [1.29, 1.82) is 0 Å². The van der Waals surface area contributed by atoms with Crippen LogP contribution in [-0.2, 0) is 0 Å². The molecule has 0 saturated heterocycles. The second-order valence-electron chi connectivity index (χ2n) is 4.79. The Balaban J connectivity index is 2.22. The van der Waals surface area contributed by atoms with Gasteiger partial charge in [0.05, 0.1) is 10.6 Å². The number of carbonyl (C=O) groups is 2. The number of nitrogens with zero attached hydrogens (tertiary/aromatic N) is 1. The highest BCUT2D eigenvalue weighted by molar-refractivity contribution is 6.37. The third-order valence-corrected chi connectivity index (χ3v) is 3.42. The summed E-state index contributed by atoms with van der Waals surface area (Å²) in [5.74, 6) is -0.554.